The number of esters is 1. The fraction of sp³-hybridized carbons (Fsp3) is 0.400. The van der Waals surface area contributed by atoms with Crippen LogP contribution in [-0.4, -0.2) is 43.4 Å². The molecule has 0 aliphatic rings. The van der Waals surface area contributed by atoms with Gasteiger partial charge in [0.05, 0.1) is 20.1 Å². The highest BCUT2D eigenvalue weighted by atomic mass is 79.9. The molecule has 0 radical (unpaired) electrons. The smallest absolute Gasteiger partial charge is 0.306 e. The van der Waals surface area contributed by atoms with Crippen LogP contribution in [0.3, 0.4) is 0 Å². The summed E-state index contributed by atoms with van der Waals surface area (Å²) in [4.78, 5) is 36.0. The van der Waals surface area contributed by atoms with Crippen molar-refractivity contribution in [2.24, 2.45) is 0 Å². The number of ether oxygens (including phenoxy) is 1. The third kappa shape index (κ3) is 5.85. The number of likely N-dealkylation sites (N-methyl/N-ethyl adjacent to an activating group) is 1. The lowest BCUT2D eigenvalue weighted by molar-refractivity contribution is -0.143. The first kappa shape index (κ1) is 18.2. The Bertz CT molecular complexity index is 575. The average molecular weight is 371 g/mol. The normalized spacial score (nSPS) is 10.0. The number of rotatable bonds is 6. The Morgan fingerprint density at radius 3 is 2.55 bits per heavy atom. The second-order valence-corrected chi connectivity index (χ2v) is 5.75. The van der Waals surface area contributed by atoms with E-state index in [1.165, 1.54) is 19.1 Å². The van der Waals surface area contributed by atoms with Crippen LogP contribution in [0.4, 0.5) is 5.69 Å². The number of anilines is 1. The fourth-order valence-electron chi connectivity index (χ4n) is 1.76. The summed E-state index contributed by atoms with van der Waals surface area (Å²) < 4.78 is 5.40. The molecule has 1 aromatic rings. The van der Waals surface area contributed by atoms with Gasteiger partial charge in [0.2, 0.25) is 11.8 Å². The van der Waals surface area contributed by atoms with Crippen molar-refractivity contribution >= 4 is 39.4 Å². The van der Waals surface area contributed by atoms with E-state index in [0.717, 1.165) is 10.0 Å². The molecule has 0 fully saturated rings. The molecule has 0 unspecified atom stereocenters. The van der Waals surface area contributed by atoms with Crippen molar-refractivity contribution in [1.82, 2.24) is 4.90 Å². The minimum absolute atomic E-state index is 0.00706. The van der Waals surface area contributed by atoms with Crippen molar-refractivity contribution in [2.45, 2.75) is 19.8 Å². The molecule has 0 saturated heterocycles. The highest BCUT2D eigenvalue weighted by molar-refractivity contribution is 9.10. The first-order chi connectivity index (χ1) is 10.3. The van der Waals surface area contributed by atoms with E-state index < -0.39 is 5.97 Å². The number of halogens is 1. The molecule has 2 amide bonds. The highest BCUT2D eigenvalue weighted by Crippen LogP contribution is 2.19. The lowest BCUT2D eigenvalue weighted by Crippen LogP contribution is -2.35. The van der Waals surface area contributed by atoms with E-state index in [1.54, 1.807) is 6.07 Å². The number of carbonyl (C=O) groups excluding carboxylic acids is 3. The van der Waals surface area contributed by atoms with Crippen molar-refractivity contribution < 1.29 is 19.1 Å². The van der Waals surface area contributed by atoms with Gasteiger partial charge >= 0.3 is 5.97 Å². The molecule has 22 heavy (non-hydrogen) atoms. The topological polar surface area (TPSA) is 75.7 Å². The van der Waals surface area contributed by atoms with Gasteiger partial charge in [0.25, 0.3) is 0 Å². The number of hydrogen-bond acceptors (Lipinski definition) is 4. The number of hydrogen-bond donors (Lipinski definition) is 1. The monoisotopic (exact) mass is 370 g/mol. The lowest BCUT2D eigenvalue weighted by atomic mass is 10.2. The molecule has 0 heterocycles. The SMILES string of the molecule is COC(=O)CCC(=O)N(C)CC(=O)Nc1ccc(Br)cc1C. The molecular formula is C15H19BrN2O4. The molecule has 0 saturated carbocycles. The summed E-state index contributed by atoms with van der Waals surface area (Å²) in [6.07, 6.45) is 0.0286. The number of nitrogens with one attached hydrogen (secondary N) is 1. The number of benzene rings is 1. The predicted molar refractivity (Wildman–Crippen MR) is 86.4 cm³/mol. The van der Waals surface area contributed by atoms with Gasteiger partial charge in [-0.1, -0.05) is 15.9 Å². The van der Waals surface area contributed by atoms with Crippen LogP contribution in [0.25, 0.3) is 0 Å². The summed E-state index contributed by atoms with van der Waals surface area (Å²) in [5, 5.41) is 2.75. The van der Waals surface area contributed by atoms with Crippen LogP contribution in [-0.2, 0) is 19.1 Å². The van der Waals surface area contributed by atoms with Crippen LogP contribution in [0.1, 0.15) is 18.4 Å². The van der Waals surface area contributed by atoms with Gasteiger partial charge < -0.3 is 15.0 Å². The van der Waals surface area contributed by atoms with Gasteiger partial charge in [0, 0.05) is 23.6 Å². The highest BCUT2D eigenvalue weighted by Gasteiger charge is 2.15. The van der Waals surface area contributed by atoms with Crippen molar-refractivity contribution in [1.29, 1.82) is 0 Å². The summed E-state index contributed by atoms with van der Waals surface area (Å²) in [5.74, 6) is -1.02. The largest absolute Gasteiger partial charge is 0.469 e. The molecule has 0 aliphatic heterocycles. The van der Waals surface area contributed by atoms with Gasteiger partial charge in [-0.2, -0.15) is 0 Å². The number of aryl methyl sites for hydroxylation is 1. The summed E-state index contributed by atoms with van der Waals surface area (Å²) in [6, 6.07) is 5.51. The Morgan fingerprint density at radius 1 is 1.27 bits per heavy atom. The van der Waals surface area contributed by atoms with Gasteiger partial charge in [-0.25, -0.2) is 0 Å². The molecule has 7 heteroatoms. The third-order valence-electron chi connectivity index (χ3n) is 3.04. The van der Waals surface area contributed by atoms with Gasteiger partial charge in [-0.05, 0) is 30.7 Å². The molecule has 0 spiro atoms. The van der Waals surface area contributed by atoms with E-state index in [4.69, 9.17) is 0 Å². The fourth-order valence-corrected chi connectivity index (χ4v) is 2.24. The van der Waals surface area contributed by atoms with Crippen LogP contribution in [0.2, 0.25) is 0 Å². The van der Waals surface area contributed by atoms with Crippen LogP contribution in [0, 0.1) is 6.92 Å². The Morgan fingerprint density at radius 2 is 1.95 bits per heavy atom. The van der Waals surface area contributed by atoms with Crippen molar-refractivity contribution in [3.8, 4) is 0 Å². The van der Waals surface area contributed by atoms with E-state index in [2.05, 4.69) is 26.0 Å². The summed E-state index contributed by atoms with van der Waals surface area (Å²) in [5.41, 5.74) is 1.62. The summed E-state index contributed by atoms with van der Waals surface area (Å²) in [7, 11) is 2.79. The second-order valence-electron chi connectivity index (χ2n) is 4.83. The minimum Gasteiger partial charge on any atom is -0.469 e. The predicted octanol–water partition coefficient (Wildman–Crippen LogP) is 2.11. The third-order valence-corrected chi connectivity index (χ3v) is 3.53. The van der Waals surface area contributed by atoms with E-state index >= 15 is 0 Å². The van der Waals surface area contributed by atoms with Crippen LogP contribution in [0.15, 0.2) is 22.7 Å². The standard InChI is InChI=1S/C15H19BrN2O4/c1-10-8-11(16)4-5-12(10)17-13(19)9-18(2)14(20)6-7-15(21)22-3/h4-5,8H,6-7,9H2,1-3H3,(H,17,19). The molecule has 1 rings (SSSR count). The molecule has 0 atom stereocenters. The van der Waals surface area contributed by atoms with Crippen molar-refractivity contribution in [3.63, 3.8) is 0 Å². The minimum atomic E-state index is -0.448. The van der Waals surface area contributed by atoms with Gasteiger partial charge in [0.15, 0.2) is 0 Å². The average Bonchev–Trinajstić information content (AvgIpc) is 2.47. The van der Waals surface area contributed by atoms with E-state index in [0.29, 0.717) is 5.69 Å². The number of nitrogens with zero attached hydrogens (tertiary/aromatic N) is 1. The summed E-state index contributed by atoms with van der Waals surface area (Å²) in [6.45, 7) is 1.81. The van der Waals surface area contributed by atoms with Crippen molar-refractivity contribution in [3.05, 3.63) is 28.2 Å². The van der Waals surface area contributed by atoms with Gasteiger partial charge in [-0.3, -0.25) is 14.4 Å². The van der Waals surface area contributed by atoms with E-state index in [-0.39, 0.29) is 31.2 Å². The molecular weight excluding hydrogens is 352 g/mol. The Labute approximate surface area is 137 Å². The number of carbonyl (C=O) groups is 3. The van der Waals surface area contributed by atoms with Gasteiger partial charge in [0.1, 0.15) is 0 Å². The molecule has 0 aliphatic carbocycles. The first-order valence-electron chi connectivity index (χ1n) is 6.70. The molecule has 6 nitrogen and oxygen atoms in total. The maximum Gasteiger partial charge on any atom is 0.306 e. The number of amides is 2. The molecule has 1 N–H and O–H groups in total. The Kier molecular flexibility index (Phi) is 7.04. The quantitative estimate of drug-likeness (QED) is 0.778. The molecule has 1 aromatic carbocycles. The Hall–Kier alpha value is -1.89. The molecule has 0 bridgehead atoms. The van der Waals surface area contributed by atoms with E-state index in [9.17, 15) is 14.4 Å². The second kappa shape index (κ2) is 8.53. The first-order valence-corrected chi connectivity index (χ1v) is 7.49. The number of methoxy groups -OCH3 is 1. The maximum absolute atomic E-state index is 12.0. The van der Waals surface area contributed by atoms with Crippen LogP contribution >= 0.6 is 15.9 Å². The zero-order valence-electron chi connectivity index (χ0n) is 12.8. The van der Waals surface area contributed by atoms with E-state index in [1.807, 2.05) is 19.1 Å². The molecule has 120 valence electrons. The van der Waals surface area contributed by atoms with Crippen molar-refractivity contribution in [2.75, 3.05) is 26.0 Å². The zero-order valence-corrected chi connectivity index (χ0v) is 14.4. The van der Waals surface area contributed by atoms with Gasteiger partial charge in [-0.15, -0.1) is 0 Å². The lowest BCUT2D eigenvalue weighted by Gasteiger charge is -2.17. The van der Waals surface area contributed by atoms with Crippen LogP contribution in [0.5, 0.6) is 0 Å². The van der Waals surface area contributed by atoms with Crippen LogP contribution < -0.4 is 5.32 Å². The zero-order chi connectivity index (χ0) is 16.7. The Balaban J connectivity index is 2.50. The molecule has 0 aromatic heterocycles. The maximum atomic E-state index is 12.0. The summed E-state index contributed by atoms with van der Waals surface area (Å²) >= 11 is 3.35.